The van der Waals surface area contributed by atoms with Gasteiger partial charge in [0.05, 0.1) is 106 Å². The molecule has 0 atom stereocenters. The molecule has 0 aromatic heterocycles. The van der Waals surface area contributed by atoms with Crippen molar-refractivity contribution in [3.63, 3.8) is 0 Å². The van der Waals surface area contributed by atoms with Gasteiger partial charge in [0.15, 0.2) is 0 Å². The summed E-state index contributed by atoms with van der Waals surface area (Å²) in [5, 5.41) is 13.9. The maximum atomic E-state index is 11.3. The van der Waals surface area contributed by atoms with Crippen LogP contribution in [0.5, 0.6) is 0 Å². The largest absolute Gasteiger partial charge is 0.480 e. The van der Waals surface area contributed by atoms with E-state index in [9.17, 15) is 9.59 Å². The molecule has 1 amide bonds. The summed E-state index contributed by atoms with van der Waals surface area (Å²) in [6.07, 6.45) is 0. The van der Waals surface area contributed by atoms with Crippen LogP contribution in [0.3, 0.4) is 0 Å². The van der Waals surface area contributed by atoms with Gasteiger partial charge in [-0.1, -0.05) is 0 Å². The second-order valence-electron chi connectivity index (χ2n) is 7.24. The lowest BCUT2D eigenvalue weighted by atomic mass is 10.6. The Hall–Kier alpha value is -1.46. The third-order valence-electron chi connectivity index (χ3n) is 4.13. The van der Waals surface area contributed by atoms with Gasteiger partial charge in [0.1, 0.15) is 13.2 Å². The van der Waals surface area contributed by atoms with Crippen LogP contribution in [-0.4, -0.2) is 156 Å². The van der Waals surface area contributed by atoms with Crippen molar-refractivity contribution in [1.29, 1.82) is 0 Å². The number of nitrogens with one attached hydrogen (secondary N) is 2. The molecule has 0 rings (SSSR count). The van der Waals surface area contributed by atoms with Crippen LogP contribution in [-0.2, 0) is 52.2 Å². The van der Waals surface area contributed by atoms with Crippen molar-refractivity contribution in [1.82, 2.24) is 10.6 Å². The van der Waals surface area contributed by atoms with E-state index in [1.807, 2.05) is 7.05 Å². The lowest BCUT2D eigenvalue weighted by Crippen LogP contribution is -2.31. The van der Waals surface area contributed by atoms with Crippen LogP contribution in [0.15, 0.2) is 0 Å². The highest BCUT2D eigenvalue weighted by Crippen LogP contribution is 1.86. The number of carboxylic acid groups (broad SMARTS) is 1. The summed E-state index contributed by atoms with van der Waals surface area (Å²) in [4.78, 5) is 21.6. The Bertz CT molecular complexity index is 502. The number of amides is 1. The Morgan fingerprint density at radius 2 is 0.811 bits per heavy atom. The van der Waals surface area contributed by atoms with Crippen LogP contribution in [0, 0.1) is 0 Å². The topological polar surface area (TPSA) is 162 Å². The molecule has 0 spiro atoms. The number of rotatable bonds is 31. The van der Waals surface area contributed by atoms with Gasteiger partial charge in [-0.3, -0.25) is 4.79 Å². The van der Waals surface area contributed by atoms with E-state index in [0.29, 0.717) is 112 Å². The molecule has 0 saturated carbocycles. The predicted molar refractivity (Wildman–Crippen MR) is 132 cm³/mol. The van der Waals surface area contributed by atoms with Gasteiger partial charge >= 0.3 is 5.97 Å². The lowest BCUT2D eigenvalue weighted by molar-refractivity contribution is -0.143. The maximum absolute atomic E-state index is 11.3. The first-order valence-electron chi connectivity index (χ1n) is 12.5. The second-order valence-corrected chi connectivity index (χ2v) is 7.24. The molecular weight excluding hydrogens is 496 g/mol. The predicted octanol–water partition coefficient (Wildman–Crippen LogP) is -1.44. The molecule has 14 nitrogen and oxygen atoms in total. The first-order chi connectivity index (χ1) is 18.2. The number of aliphatic carboxylic acids is 1. The molecule has 0 aromatic carbocycles. The van der Waals surface area contributed by atoms with E-state index in [1.165, 1.54) is 0 Å². The summed E-state index contributed by atoms with van der Waals surface area (Å²) in [6, 6.07) is 0. The summed E-state index contributed by atoms with van der Waals surface area (Å²) in [7, 11) is 1.89. The molecule has 0 fully saturated rings. The SMILES string of the molecule is CNCCOCCOCCOCCOCCOCCOCCOCCOCCNC(=O)COCC(=O)O. The second kappa shape index (κ2) is 30.8. The zero-order valence-electron chi connectivity index (χ0n) is 22.1. The van der Waals surface area contributed by atoms with E-state index >= 15 is 0 Å². The number of ether oxygens (including phenoxy) is 9. The standard InChI is InChI=1S/C23H46N2O12/c1-24-2-4-29-6-8-31-10-12-33-14-16-35-18-19-36-17-15-34-13-11-32-9-7-30-5-3-25-22(26)20-37-21-23(27)28/h24H,2-21H2,1H3,(H,25,26)(H,27,28). The van der Waals surface area contributed by atoms with Crippen LogP contribution in [0.4, 0.5) is 0 Å². The highest BCUT2D eigenvalue weighted by molar-refractivity contribution is 5.77. The van der Waals surface area contributed by atoms with Crippen molar-refractivity contribution >= 4 is 11.9 Å². The molecule has 14 heteroatoms. The van der Waals surface area contributed by atoms with E-state index in [0.717, 1.165) is 6.54 Å². The van der Waals surface area contributed by atoms with Gasteiger partial charge in [0.25, 0.3) is 0 Å². The number of hydrogen-bond donors (Lipinski definition) is 3. The molecule has 0 radical (unpaired) electrons. The first kappa shape index (κ1) is 35.5. The molecule has 0 bridgehead atoms. The van der Waals surface area contributed by atoms with Gasteiger partial charge in [0, 0.05) is 13.1 Å². The van der Waals surface area contributed by atoms with Gasteiger partial charge in [-0.15, -0.1) is 0 Å². The molecule has 220 valence electrons. The van der Waals surface area contributed by atoms with Crippen LogP contribution in [0.25, 0.3) is 0 Å². The van der Waals surface area contributed by atoms with Crippen molar-refractivity contribution in [2.45, 2.75) is 0 Å². The zero-order valence-corrected chi connectivity index (χ0v) is 22.1. The molecule has 0 aliphatic heterocycles. The Morgan fingerprint density at radius 1 is 0.486 bits per heavy atom. The summed E-state index contributed by atoms with van der Waals surface area (Å²) in [5.41, 5.74) is 0. The highest BCUT2D eigenvalue weighted by Gasteiger charge is 2.03. The number of carboxylic acids is 1. The fourth-order valence-corrected chi connectivity index (χ4v) is 2.36. The maximum Gasteiger partial charge on any atom is 0.329 e. The molecule has 0 aliphatic carbocycles. The summed E-state index contributed by atoms with van der Waals surface area (Å²) in [5.74, 6) is -1.51. The van der Waals surface area contributed by atoms with E-state index < -0.39 is 18.5 Å². The third kappa shape index (κ3) is 32.5. The molecule has 3 N–H and O–H groups in total. The van der Waals surface area contributed by atoms with Crippen molar-refractivity contribution in [2.24, 2.45) is 0 Å². The quantitative estimate of drug-likeness (QED) is 0.0874. The van der Waals surface area contributed by atoms with Crippen LogP contribution < -0.4 is 10.6 Å². The minimum Gasteiger partial charge on any atom is -0.480 e. The summed E-state index contributed by atoms with van der Waals surface area (Å²) < 4.78 is 47.7. The fraction of sp³-hybridized carbons (Fsp3) is 0.913. The lowest BCUT2D eigenvalue weighted by Gasteiger charge is -2.09. The highest BCUT2D eigenvalue weighted by atomic mass is 16.6. The van der Waals surface area contributed by atoms with Crippen molar-refractivity contribution in [3.05, 3.63) is 0 Å². The monoisotopic (exact) mass is 542 g/mol. The van der Waals surface area contributed by atoms with Crippen LogP contribution in [0.1, 0.15) is 0 Å². The number of likely N-dealkylation sites (N-methyl/N-ethyl adjacent to an activating group) is 1. The minimum absolute atomic E-state index is 0.296. The van der Waals surface area contributed by atoms with Gasteiger partial charge < -0.3 is 58.4 Å². The van der Waals surface area contributed by atoms with E-state index in [2.05, 4.69) is 15.4 Å². The van der Waals surface area contributed by atoms with Crippen molar-refractivity contribution in [2.75, 3.05) is 139 Å². The first-order valence-corrected chi connectivity index (χ1v) is 12.5. The Kier molecular flexibility index (Phi) is 29.5. The third-order valence-corrected chi connectivity index (χ3v) is 4.13. The molecule has 0 heterocycles. The summed E-state index contributed by atoms with van der Waals surface area (Å²) in [6.45, 7) is 8.21. The van der Waals surface area contributed by atoms with Crippen molar-refractivity contribution in [3.8, 4) is 0 Å². The normalized spacial score (nSPS) is 11.2. The molecule has 0 aromatic rings. The van der Waals surface area contributed by atoms with E-state index in [4.69, 9.17) is 43.0 Å². The number of carbonyl (C=O) groups is 2. The smallest absolute Gasteiger partial charge is 0.329 e. The average molecular weight is 543 g/mol. The summed E-state index contributed by atoms with van der Waals surface area (Å²) >= 11 is 0. The van der Waals surface area contributed by atoms with Gasteiger partial charge in [-0.2, -0.15) is 0 Å². The number of hydrogen-bond acceptors (Lipinski definition) is 12. The molecule has 37 heavy (non-hydrogen) atoms. The van der Waals surface area contributed by atoms with Gasteiger partial charge in [0.2, 0.25) is 5.91 Å². The fourth-order valence-electron chi connectivity index (χ4n) is 2.36. The zero-order chi connectivity index (χ0) is 27.1. The van der Waals surface area contributed by atoms with Crippen LogP contribution >= 0.6 is 0 Å². The van der Waals surface area contributed by atoms with Crippen LogP contribution in [0.2, 0.25) is 0 Å². The minimum atomic E-state index is -1.12. The average Bonchev–Trinajstić information content (AvgIpc) is 2.88. The molecule has 0 unspecified atom stereocenters. The molecule has 0 saturated heterocycles. The Morgan fingerprint density at radius 3 is 1.14 bits per heavy atom. The van der Waals surface area contributed by atoms with Gasteiger partial charge in [-0.05, 0) is 7.05 Å². The molecular formula is C23H46N2O12. The van der Waals surface area contributed by atoms with Crippen molar-refractivity contribution < 1.29 is 57.3 Å². The molecule has 0 aliphatic rings. The van der Waals surface area contributed by atoms with Gasteiger partial charge in [-0.25, -0.2) is 4.79 Å². The van der Waals surface area contributed by atoms with E-state index in [1.54, 1.807) is 0 Å². The Balaban J connectivity index is 3.08. The van der Waals surface area contributed by atoms with E-state index in [-0.39, 0.29) is 6.61 Å². The number of carbonyl (C=O) groups excluding carboxylic acids is 1. The Labute approximate surface area is 219 Å².